The summed E-state index contributed by atoms with van der Waals surface area (Å²) in [5.74, 6) is 0.310. The first kappa shape index (κ1) is 26.1. The molecule has 36 heavy (non-hydrogen) atoms. The molecule has 0 unspecified atom stereocenters. The van der Waals surface area contributed by atoms with Crippen molar-refractivity contribution in [2.24, 2.45) is 5.41 Å². The molecule has 1 amide bonds. The lowest BCUT2D eigenvalue weighted by atomic mass is 9.86. The number of halogens is 1. The van der Waals surface area contributed by atoms with Gasteiger partial charge in [-0.05, 0) is 72.9 Å². The average Bonchev–Trinajstić information content (AvgIpc) is 2.87. The molecule has 1 fully saturated rings. The summed E-state index contributed by atoms with van der Waals surface area (Å²) in [5, 5.41) is 5.41. The molecule has 0 spiro atoms. The van der Waals surface area contributed by atoms with Gasteiger partial charge in [0, 0.05) is 24.5 Å². The molecule has 0 bridgehead atoms. The van der Waals surface area contributed by atoms with Crippen molar-refractivity contribution < 1.29 is 22.3 Å². The Hall–Kier alpha value is -2.97. The second-order valence-electron chi connectivity index (χ2n) is 9.95. The van der Waals surface area contributed by atoms with E-state index >= 15 is 0 Å². The minimum Gasteiger partial charge on any atom is -0.494 e. The lowest BCUT2D eigenvalue weighted by Gasteiger charge is -2.33. The summed E-state index contributed by atoms with van der Waals surface area (Å²) < 4.78 is 46.1. The summed E-state index contributed by atoms with van der Waals surface area (Å²) in [7, 11) is -3.67. The number of nitrogens with zero attached hydrogens (tertiary/aromatic N) is 1. The van der Waals surface area contributed by atoms with E-state index in [9.17, 15) is 17.6 Å². The maximum absolute atomic E-state index is 13.2. The van der Waals surface area contributed by atoms with E-state index in [1.54, 1.807) is 0 Å². The molecular formula is C28H33FN2O4S. The van der Waals surface area contributed by atoms with Crippen LogP contribution in [0.15, 0.2) is 71.6 Å². The number of hydrogen-bond acceptors (Lipinski definition) is 4. The molecule has 0 saturated carbocycles. The van der Waals surface area contributed by atoms with E-state index in [2.05, 4.69) is 17.4 Å². The van der Waals surface area contributed by atoms with E-state index in [1.807, 2.05) is 44.2 Å². The molecule has 1 aliphatic rings. The highest BCUT2D eigenvalue weighted by molar-refractivity contribution is 7.89. The summed E-state index contributed by atoms with van der Waals surface area (Å²) in [6, 6.07) is 18.9. The van der Waals surface area contributed by atoms with Crippen molar-refractivity contribution in [2.45, 2.75) is 50.5 Å². The van der Waals surface area contributed by atoms with E-state index in [-0.39, 0.29) is 16.8 Å². The number of nitrogens with one attached hydrogen (secondary N) is 1. The molecule has 3 aromatic carbocycles. The molecule has 1 aliphatic heterocycles. The fourth-order valence-electron chi connectivity index (χ4n) is 4.45. The van der Waals surface area contributed by atoms with Crippen LogP contribution in [0.3, 0.4) is 0 Å². The zero-order valence-corrected chi connectivity index (χ0v) is 21.6. The van der Waals surface area contributed by atoms with Gasteiger partial charge in [0.25, 0.3) is 0 Å². The van der Waals surface area contributed by atoms with Crippen LogP contribution in [0.2, 0.25) is 0 Å². The van der Waals surface area contributed by atoms with Gasteiger partial charge in [0.05, 0.1) is 11.5 Å². The van der Waals surface area contributed by atoms with Gasteiger partial charge in [-0.1, -0.05) is 44.2 Å². The molecule has 1 heterocycles. The largest absolute Gasteiger partial charge is 0.494 e. The first-order chi connectivity index (χ1) is 17.1. The van der Waals surface area contributed by atoms with E-state index in [0.717, 1.165) is 29.7 Å². The Kier molecular flexibility index (Phi) is 7.95. The van der Waals surface area contributed by atoms with Gasteiger partial charge in [0.2, 0.25) is 15.9 Å². The highest BCUT2D eigenvalue weighted by atomic mass is 32.2. The van der Waals surface area contributed by atoms with Gasteiger partial charge in [0.1, 0.15) is 11.6 Å². The van der Waals surface area contributed by atoms with E-state index in [0.29, 0.717) is 39.0 Å². The summed E-state index contributed by atoms with van der Waals surface area (Å²) in [6.07, 6.45) is 2.48. The number of ether oxygens (including phenoxy) is 1. The highest BCUT2D eigenvalue weighted by Gasteiger charge is 2.33. The molecule has 3 aromatic rings. The van der Waals surface area contributed by atoms with Crippen LogP contribution in [-0.4, -0.2) is 44.4 Å². The smallest absolute Gasteiger partial charge is 0.243 e. The number of hydrogen-bond donors (Lipinski definition) is 1. The SMILES string of the molecule is CC(C)(CCCOc1ccc2ccccc2c1)C(=O)NC1CCN(S(=O)(=O)c2ccc(F)cc2)CC1. The molecule has 0 aliphatic carbocycles. The maximum atomic E-state index is 13.2. The monoisotopic (exact) mass is 512 g/mol. The predicted molar refractivity (Wildman–Crippen MR) is 139 cm³/mol. The van der Waals surface area contributed by atoms with E-state index < -0.39 is 21.3 Å². The number of fused-ring (bicyclic) bond motifs is 1. The van der Waals surface area contributed by atoms with Crippen molar-refractivity contribution in [2.75, 3.05) is 19.7 Å². The number of rotatable bonds is 9. The van der Waals surface area contributed by atoms with Crippen LogP contribution in [0.1, 0.15) is 39.5 Å². The van der Waals surface area contributed by atoms with Crippen molar-refractivity contribution in [1.82, 2.24) is 9.62 Å². The maximum Gasteiger partial charge on any atom is 0.243 e. The molecule has 4 rings (SSSR count). The van der Waals surface area contributed by atoms with E-state index in [1.165, 1.54) is 21.8 Å². The fraction of sp³-hybridized carbons (Fsp3) is 0.393. The van der Waals surface area contributed by atoms with Crippen molar-refractivity contribution in [3.63, 3.8) is 0 Å². The van der Waals surface area contributed by atoms with Crippen molar-refractivity contribution in [1.29, 1.82) is 0 Å². The third kappa shape index (κ3) is 6.23. The molecule has 0 radical (unpaired) electrons. The normalized spacial score (nSPS) is 15.6. The van der Waals surface area contributed by atoms with Gasteiger partial charge in [-0.15, -0.1) is 0 Å². The first-order valence-electron chi connectivity index (χ1n) is 12.3. The quantitative estimate of drug-likeness (QED) is 0.403. The van der Waals surface area contributed by atoms with Gasteiger partial charge >= 0.3 is 0 Å². The Morgan fingerprint density at radius 1 is 1.03 bits per heavy atom. The number of benzene rings is 3. The highest BCUT2D eigenvalue weighted by Crippen LogP contribution is 2.26. The van der Waals surface area contributed by atoms with Crippen molar-refractivity contribution in [3.8, 4) is 5.75 Å². The molecule has 8 heteroatoms. The second-order valence-corrected chi connectivity index (χ2v) is 11.9. The van der Waals surface area contributed by atoms with Gasteiger partial charge in [-0.3, -0.25) is 4.79 Å². The van der Waals surface area contributed by atoms with Gasteiger partial charge in [0.15, 0.2) is 0 Å². The van der Waals surface area contributed by atoms with Crippen molar-refractivity contribution >= 4 is 26.7 Å². The predicted octanol–water partition coefficient (Wildman–Crippen LogP) is 5.13. The third-order valence-electron chi connectivity index (χ3n) is 6.79. The lowest BCUT2D eigenvalue weighted by molar-refractivity contribution is -0.130. The Morgan fingerprint density at radius 2 is 1.69 bits per heavy atom. The molecule has 0 atom stereocenters. The van der Waals surface area contributed by atoms with Crippen LogP contribution < -0.4 is 10.1 Å². The summed E-state index contributed by atoms with van der Waals surface area (Å²) >= 11 is 0. The van der Waals surface area contributed by atoms with E-state index in [4.69, 9.17) is 4.74 Å². The molecule has 1 N–H and O–H groups in total. The minimum absolute atomic E-state index is 0.0342. The summed E-state index contributed by atoms with van der Waals surface area (Å²) in [4.78, 5) is 13.0. The van der Waals surface area contributed by atoms with Crippen LogP contribution in [0.25, 0.3) is 10.8 Å². The number of amides is 1. The standard InChI is InChI=1S/C28H33FN2O4S/c1-28(2,16-5-19-35-25-11-8-21-6-3-4-7-22(21)20-25)27(32)30-24-14-17-31(18-15-24)36(33,34)26-12-9-23(29)10-13-26/h3-4,6-13,20,24H,5,14-19H2,1-2H3,(H,30,32). The number of sulfonamides is 1. The Morgan fingerprint density at radius 3 is 2.39 bits per heavy atom. The fourth-order valence-corrected chi connectivity index (χ4v) is 5.92. The molecule has 192 valence electrons. The topological polar surface area (TPSA) is 75.7 Å². The minimum atomic E-state index is -3.67. The Balaban J connectivity index is 1.22. The van der Waals surface area contributed by atoms with Gasteiger partial charge < -0.3 is 10.1 Å². The lowest BCUT2D eigenvalue weighted by Crippen LogP contribution is -2.49. The molecular weight excluding hydrogens is 479 g/mol. The van der Waals surface area contributed by atoms with Gasteiger partial charge in [-0.2, -0.15) is 4.31 Å². The zero-order valence-electron chi connectivity index (χ0n) is 20.7. The zero-order chi connectivity index (χ0) is 25.8. The summed E-state index contributed by atoms with van der Waals surface area (Å²) in [6.45, 7) is 4.99. The van der Waals surface area contributed by atoms with Crippen LogP contribution in [-0.2, 0) is 14.8 Å². The first-order valence-corrected chi connectivity index (χ1v) is 13.8. The summed E-state index contributed by atoms with van der Waals surface area (Å²) in [5.41, 5.74) is -0.565. The van der Waals surface area contributed by atoms with Crippen LogP contribution in [0.5, 0.6) is 5.75 Å². The van der Waals surface area contributed by atoms with Crippen LogP contribution >= 0.6 is 0 Å². The Labute approximate surface area is 212 Å². The van der Waals surface area contributed by atoms with Crippen LogP contribution in [0, 0.1) is 11.2 Å². The molecule has 6 nitrogen and oxygen atoms in total. The Bertz CT molecular complexity index is 1300. The second kappa shape index (κ2) is 11.0. The van der Waals surface area contributed by atoms with Gasteiger partial charge in [-0.25, -0.2) is 12.8 Å². The third-order valence-corrected chi connectivity index (χ3v) is 8.70. The number of carbonyl (C=O) groups is 1. The number of carbonyl (C=O) groups excluding carboxylic acids is 1. The van der Waals surface area contributed by atoms with Crippen LogP contribution in [0.4, 0.5) is 4.39 Å². The molecule has 0 aromatic heterocycles. The number of piperidine rings is 1. The van der Waals surface area contributed by atoms with Crippen molar-refractivity contribution in [3.05, 3.63) is 72.5 Å². The average molecular weight is 513 g/mol. The molecule has 1 saturated heterocycles.